The second kappa shape index (κ2) is 11.5. The first kappa shape index (κ1) is 23.6. The predicted molar refractivity (Wildman–Crippen MR) is 131 cm³/mol. The van der Waals surface area contributed by atoms with Gasteiger partial charge >= 0.3 is 0 Å². The van der Waals surface area contributed by atoms with Gasteiger partial charge in [0.1, 0.15) is 17.6 Å². The van der Waals surface area contributed by atoms with Gasteiger partial charge in [0.2, 0.25) is 0 Å². The van der Waals surface area contributed by atoms with Crippen LogP contribution < -0.4 is 4.74 Å². The van der Waals surface area contributed by atoms with E-state index in [9.17, 15) is 4.79 Å². The molecule has 0 radical (unpaired) electrons. The predicted octanol–water partition coefficient (Wildman–Crippen LogP) is 3.71. The maximum Gasteiger partial charge on any atom is 0.260 e. The van der Waals surface area contributed by atoms with Crippen LogP contribution in [0.15, 0.2) is 29.4 Å². The number of carbonyl (C=O) groups is 1. The van der Waals surface area contributed by atoms with Crippen LogP contribution in [-0.2, 0) is 14.4 Å². The number of morpholine rings is 1. The molecule has 5 fully saturated rings. The van der Waals surface area contributed by atoms with Gasteiger partial charge in [0.05, 0.1) is 13.2 Å². The largest absolute Gasteiger partial charge is 0.484 e. The number of fused-ring (bicyclic) bond motifs is 3. The number of nitrogens with zero attached hydrogens (tertiary/aromatic N) is 3. The molecule has 2 aliphatic heterocycles. The molecular formula is C27H39N3O4. The van der Waals surface area contributed by atoms with Crippen LogP contribution in [0.25, 0.3) is 0 Å². The number of amides is 1. The number of ether oxygens (including phenoxy) is 2. The second-order valence-corrected chi connectivity index (χ2v) is 10.3. The average Bonchev–Trinajstić information content (AvgIpc) is 2.92. The van der Waals surface area contributed by atoms with Crippen molar-refractivity contribution in [2.75, 3.05) is 52.5 Å². The first-order valence-electron chi connectivity index (χ1n) is 13.3. The number of piperidine rings is 1. The van der Waals surface area contributed by atoms with E-state index >= 15 is 0 Å². The van der Waals surface area contributed by atoms with Crippen molar-refractivity contribution < 1.29 is 19.1 Å². The Bertz CT molecular complexity index is 823. The molecule has 2 saturated heterocycles. The summed E-state index contributed by atoms with van der Waals surface area (Å²) in [6.07, 6.45) is 10.1. The number of carbonyl (C=O) groups excluding carboxylic acids is 1. The molecule has 186 valence electrons. The van der Waals surface area contributed by atoms with E-state index in [2.05, 4.69) is 4.90 Å². The molecule has 3 aliphatic carbocycles. The van der Waals surface area contributed by atoms with E-state index in [4.69, 9.17) is 19.5 Å². The third-order valence-corrected chi connectivity index (χ3v) is 8.02. The van der Waals surface area contributed by atoms with Crippen LogP contribution in [0.4, 0.5) is 0 Å². The standard InChI is InChI=1S/C27H39N3O4/c31-27(30-12-2-1-3-13-30)20-33-24-10-8-22(9-11-24)25(19-29-14-16-32-17-15-29)28-34-26-18-21-4-6-23(26)7-5-21/h8-11,21,23,26H,1-7,12-20H2. The highest BCUT2D eigenvalue weighted by Gasteiger charge is 2.37. The number of oxime groups is 1. The molecule has 1 aromatic carbocycles. The molecule has 6 rings (SSSR count). The minimum Gasteiger partial charge on any atom is -0.484 e. The third-order valence-electron chi connectivity index (χ3n) is 8.02. The number of hydrogen-bond donors (Lipinski definition) is 0. The molecule has 34 heavy (non-hydrogen) atoms. The Kier molecular flexibility index (Phi) is 8.01. The lowest BCUT2D eigenvalue weighted by atomic mass is 9.69. The minimum atomic E-state index is 0.0773. The SMILES string of the molecule is O=C(COc1ccc(C(CN2CCOCC2)=NOC2CC3CCC2CC3)cc1)N1CCCCC1. The summed E-state index contributed by atoms with van der Waals surface area (Å²) in [5.41, 5.74) is 2.00. The van der Waals surface area contributed by atoms with Crippen molar-refractivity contribution in [3.05, 3.63) is 29.8 Å². The van der Waals surface area contributed by atoms with E-state index in [1.54, 1.807) is 0 Å². The molecular weight excluding hydrogens is 430 g/mol. The molecule has 2 bridgehead atoms. The van der Waals surface area contributed by atoms with Crippen molar-refractivity contribution in [2.45, 2.75) is 57.5 Å². The van der Waals surface area contributed by atoms with Gasteiger partial charge in [-0.1, -0.05) is 5.16 Å². The zero-order valence-corrected chi connectivity index (χ0v) is 20.3. The molecule has 1 aromatic rings. The van der Waals surface area contributed by atoms with E-state index in [-0.39, 0.29) is 18.6 Å². The monoisotopic (exact) mass is 469 g/mol. The van der Waals surface area contributed by atoms with E-state index < -0.39 is 0 Å². The van der Waals surface area contributed by atoms with Crippen molar-refractivity contribution in [1.82, 2.24) is 9.80 Å². The molecule has 1 atom stereocenters. The van der Waals surface area contributed by atoms with Gasteiger partial charge in [-0.2, -0.15) is 0 Å². The number of benzene rings is 1. The van der Waals surface area contributed by atoms with Crippen molar-refractivity contribution in [2.24, 2.45) is 17.0 Å². The summed E-state index contributed by atoms with van der Waals surface area (Å²) in [6.45, 7) is 5.89. The highest BCUT2D eigenvalue weighted by molar-refractivity contribution is 6.01. The zero-order valence-electron chi connectivity index (χ0n) is 20.3. The Morgan fingerprint density at radius 2 is 1.71 bits per heavy atom. The molecule has 0 aromatic heterocycles. The maximum atomic E-state index is 12.4. The van der Waals surface area contributed by atoms with Gasteiger partial charge in [-0.15, -0.1) is 0 Å². The Balaban J connectivity index is 1.22. The summed E-state index contributed by atoms with van der Waals surface area (Å²) >= 11 is 0. The van der Waals surface area contributed by atoms with Crippen molar-refractivity contribution >= 4 is 11.6 Å². The highest BCUT2D eigenvalue weighted by Crippen LogP contribution is 2.42. The lowest BCUT2D eigenvalue weighted by Gasteiger charge is -2.40. The molecule has 1 amide bonds. The molecule has 7 heteroatoms. The van der Waals surface area contributed by atoms with Crippen LogP contribution in [-0.4, -0.2) is 80.1 Å². The first-order valence-corrected chi connectivity index (χ1v) is 13.3. The summed E-state index contributed by atoms with van der Waals surface area (Å²) < 4.78 is 11.3. The quantitative estimate of drug-likeness (QED) is 0.429. The molecule has 5 aliphatic rings. The normalized spacial score (nSPS) is 28.1. The summed E-state index contributed by atoms with van der Waals surface area (Å²) in [4.78, 5) is 22.9. The van der Waals surface area contributed by atoms with Gasteiger partial charge in [0.15, 0.2) is 6.61 Å². The van der Waals surface area contributed by atoms with Gasteiger partial charge in [0, 0.05) is 38.3 Å². The fourth-order valence-corrected chi connectivity index (χ4v) is 5.84. The molecule has 3 saturated carbocycles. The first-order chi connectivity index (χ1) is 16.7. The third kappa shape index (κ3) is 6.11. The average molecular weight is 470 g/mol. The molecule has 0 spiro atoms. The van der Waals surface area contributed by atoms with E-state index in [0.29, 0.717) is 11.7 Å². The number of hydrogen-bond acceptors (Lipinski definition) is 6. The van der Waals surface area contributed by atoms with E-state index in [0.717, 1.165) is 82.4 Å². The minimum absolute atomic E-state index is 0.0773. The Morgan fingerprint density at radius 1 is 0.971 bits per heavy atom. The topological polar surface area (TPSA) is 63.6 Å². The maximum absolute atomic E-state index is 12.4. The van der Waals surface area contributed by atoms with Gasteiger partial charge in [-0.25, -0.2) is 0 Å². The van der Waals surface area contributed by atoms with Gasteiger partial charge in [-0.05, 0) is 87.5 Å². The van der Waals surface area contributed by atoms with Crippen molar-refractivity contribution in [3.63, 3.8) is 0 Å². The van der Waals surface area contributed by atoms with Crippen LogP contribution in [0.2, 0.25) is 0 Å². The van der Waals surface area contributed by atoms with Gasteiger partial charge in [-0.3, -0.25) is 9.69 Å². The van der Waals surface area contributed by atoms with Crippen molar-refractivity contribution in [3.8, 4) is 5.75 Å². The van der Waals surface area contributed by atoms with Crippen LogP contribution in [0.5, 0.6) is 5.75 Å². The van der Waals surface area contributed by atoms with E-state index in [1.807, 2.05) is 29.2 Å². The number of rotatable bonds is 8. The Morgan fingerprint density at radius 3 is 2.38 bits per heavy atom. The molecule has 7 nitrogen and oxygen atoms in total. The molecule has 0 N–H and O–H groups in total. The summed E-state index contributed by atoms with van der Waals surface area (Å²) in [5, 5.41) is 4.73. The smallest absolute Gasteiger partial charge is 0.260 e. The molecule has 1 unspecified atom stereocenters. The summed E-state index contributed by atoms with van der Waals surface area (Å²) in [7, 11) is 0. The van der Waals surface area contributed by atoms with Crippen molar-refractivity contribution in [1.29, 1.82) is 0 Å². The number of likely N-dealkylation sites (tertiary alicyclic amines) is 1. The summed E-state index contributed by atoms with van der Waals surface area (Å²) in [5.74, 6) is 2.27. The Labute approximate surface area is 203 Å². The lowest BCUT2D eigenvalue weighted by Crippen LogP contribution is -2.40. The second-order valence-electron chi connectivity index (χ2n) is 10.3. The van der Waals surface area contributed by atoms with Crippen LogP contribution >= 0.6 is 0 Å². The highest BCUT2D eigenvalue weighted by atomic mass is 16.6. The Hall–Kier alpha value is -2.12. The van der Waals surface area contributed by atoms with Gasteiger partial charge in [0.25, 0.3) is 5.91 Å². The van der Waals surface area contributed by atoms with Crippen LogP contribution in [0, 0.1) is 11.8 Å². The zero-order chi connectivity index (χ0) is 23.2. The summed E-state index contributed by atoms with van der Waals surface area (Å²) in [6, 6.07) is 7.96. The van der Waals surface area contributed by atoms with E-state index in [1.165, 1.54) is 32.1 Å². The fraction of sp³-hybridized carbons (Fsp3) is 0.704. The lowest BCUT2D eigenvalue weighted by molar-refractivity contribution is -0.134. The van der Waals surface area contributed by atoms with Gasteiger partial charge < -0.3 is 19.2 Å². The fourth-order valence-electron chi connectivity index (χ4n) is 5.84. The van der Waals surface area contributed by atoms with Crippen LogP contribution in [0.3, 0.4) is 0 Å². The van der Waals surface area contributed by atoms with Crippen LogP contribution in [0.1, 0.15) is 56.9 Å². The molecule has 2 heterocycles.